The number of rotatable bonds is 5. The molecule has 2 aromatic carbocycles. The maximum Gasteiger partial charge on any atom is 0.270 e. The normalized spacial score (nSPS) is 15.4. The molecule has 2 amide bonds. The summed E-state index contributed by atoms with van der Waals surface area (Å²) >= 11 is 0. The van der Waals surface area contributed by atoms with Gasteiger partial charge in [-0.15, -0.1) is 0 Å². The van der Waals surface area contributed by atoms with E-state index in [0.717, 1.165) is 25.2 Å². The lowest BCUT2D eigenvalue weighted by molar-refractivity contribution is -0.917. The highest BCUT2D eigenvalue weighted by atomic mass is 16.2. The van der Waals surface area contributed by atoms with Crippen molar-refractivity contribution in [1.29, 1.82) is 0 Å². The molecule has 1 aliphatic rings. The molecular formula is C22H26N3O2+. The Morgan fingerprint density at radius 3 is 2.19 bits per heavy atom. The van der Waals surface area contributed by atoms with E-state index in [2.05, 4.69) is 29.6 Å². The Labute approximate surface area is 160 Å². The van der Waals surface area contributed by atoms with Crippen LogP contribution >= 0.6 is 0 Å². The number of quaternary nitrogens is 1. The molecule has 3 rings (SSSR count). The van der Waals surface area contributed by atoms with Crippen LogP contribution in [0.4, 0.5) is 0 Å². The van der Waals surface area contributed by atoms with Crippen molar-refractivity contribution in [2.45, 2.75) is 13.5 Å². The van der Waals surface area contributed by atoms with Gasteiger partial charge in [0.25, 0.3) is 5.91 Å². The standard InChI is InChI=1S/C22H25N3O2/c1-18(26)23-21(16-19-8-4-2-5-9-19)22(27)25-14-12-24(13-15-25)17-20-10-6-3-7-11-20/h2-11,16H,12-15,17H2,1H3,(H,23,26)/p+1/b21-16-. The lowest BCUT2D eigenvalue weighted by Gasteiger charge is -2.32. The SMILES string of the molecule is CC(=O)N/C(=C\c1ccccc1)C(=O)N1CC[NH+](Cc2ccccc2)CC1. The highest BCUT2D eigenvalue weighted by Crippen LogP contribution is 2.08. The topological polar surface area (TPSA) is 53.9 Å². The molecule has 0 unspecified atom stereocenters. The van der Waals surface area contributed by atoms with Crippen LogP contribution in [0.15, 0.2) is 66.4 Å². The van der Waals surface area contributed by atoms with Crippen molar-refractivity contribution in [3.05, 3.63) is 77.5 Å². The van der Waals surface area contributed by atoms with Crippen LogP contribution in [0, 0.1) is 0 Å². The van der Waals surface area contributed by atoms with E-state index in [-0.39, 0.29) is 11.8 Å². The molecule has 0 atom stereocenters. The lowest BCUT2D eigenvalue weighted by Crippen LogP contribution is -3.13. The van der Waals surface area contributed by atoms with E-state index in [1.165, 1.54) is 17.4 Å². The summed E-state index contributed by atoms with van der Waals surface area (Å²) in [4.78, 5) is 27.8. The van der Waals surface area contributed by atoms with E-state index in [1.54, 1.807) is 6.08 Å². The minimum atomic E-state index is -0.237. The Morgan fingerprint density at radius 2 is 1.59 bits per heavy atom. The first-order chi connectivity index (χ1) is 13.1. The number of amides is 2. The molecule has 0 radical (unpaired) electrons. The second-order valence-electron chi connectivity index (χ2n) is 6.85. The fourth-order valence-electron chi connectivity index (χ4n) is 3.31. The summed E-state index contributed by atoms with van der Waals surface area (Å²) in [6.07, 6.45) is 1.74. The van der Waals surface area contributed by atoms with Gasteiger partial charge in [0.2, 0.25) is 5.91 Å². The van der Waals surface area contributed by atoms with E-state index in [4.69, 9.17) is 0 Å². The lowest BCUT2D eigenvalue weighted by atomic mass is 10.1. The quantitative estimate of drug-likeness (QED) is 0.781. The minimum absolute atomic E-state index is 0.118. The third-order valence-corrected chi connectivity index (χ3v) is 4.71. The number of nitrogens with zero attached hydrogens (tertiary/aromatic N) is 1. The highest BCUT2D eigenvalue weighted by Gasteiger charge is 2.26. The summed E-state index contributed by atoms with van der Waals surface area (Å²) in [5, 5.41) is 2.70. The van der Waals surface area contributed by atoms with Crippen molar-refractivity contribution in [3.63, 3.8) is 0 Å². The van der Waals surface area contributed by atoms with Crippen LogP contribution in [0.5, 0.6) is 0 Å². The van der Waals surface area contributed by atoms with Crippen LogP contribution in [0.3, 0.4) is 0 Å². The number of hydrogen-bond donors (Lipinski definition) is 2. The first-order valence-electron chi connectivity index (χ1n) is 9.33. The third-order valence-electron chi connectivity index (χ3n) is 4.71. The second-order valence-corrected chi connectivity index (χ2v) is 6.85. The molecule has 1 fully saturated rings. The zero-order chi connectivity index (χ0) is 19.1. The van der Waals surface area contributed by atoms with Gasteiger partial charge in [0.05, 0.1) is 26.2 Å². The minimum Gasteiger partial charge on any atom is -0.328 e. The van der Waals surface area contributed by atoms with Crippen LogP contribution in [-0.4, -0.2) is 42.9 Å². The second kappa shape index (κ2) is 9.14. The number of piperazine rings is 1. The molecule has 1 saturated heterocycles. The van der Waals surface area contributed by atoms with Crippen molar-refractivity contribution < 1.29 is 14.5 Å². The summed E-state index contributed by atoms with van der Waals surface area (Å²) in [6, 6.07) is 20.0. The summed E-state index contributed by atoms with van der Waals surface area (Å²) in [5.41, 5.74) is 2.54. The maximum absolute atomic E-state index is 12.9. The Morgan fingerprint density at radius 1 is 1.00 bits per heavy atom. The molecule has 5 heteroatoms. The number of benzene rings is 2. The van der Waals surface area contributed by atoms with Crippen molar-refractivity contribution in [1.82, 2.24) is 10.2 Å². The van der Waals surface area contributed by atoms with Crippen molar-refractivity contribution in [2.24, 2.45) is 0 Å². The average Bonchev–Trinajstić information content (AvgIpc) is 2.69. The van der Waals surface area contributed by atoms with E-state index >= 15 is 0 Å². The Bertz CT molecular complexity index is 795. The van der Waals surface area contributed by atoms with Gasteiger partial charge in [-0.25, -0.2) is 0 Å². The first kappa shape index (κ1) is 18.9. The fraction of sp³-hybridized carbons (Fsp3) is 0.273. The van der Waals surface area contributed by atoms with Gasteiger partial charge >= 0.3 is 0 Å². The summed E-state index contributed by atoms with van der Waals surface area (Å²) in [6.45, 7) is 5.58. The van der Waals surface area contributed by atoms with Crippen LogP contribution in [0.2, 0.25) is 0 Å². The molecule has 1 heterocycles. The Hall–Kier alpha value is -2.92. The zero-order valence-electron chi connectivity index (χ0n) is 15.7. The summed E-state index contributed by atoms with van der Waals surface area (Å²) in [5.74, 6) is -0.355. The summed E-state index contributed by atoms with van der Waals surface area (Å²) in [7, 11) is 0. The van der Waals surface area contributed by atoms with Crippen molar-refractivity contribution in [2.75, 3.05) is 26.2 Å². The van der Waals surface area contributed by atoms with E-state index in [0.29, 0.717) is 18.8 Å². The van der Waals surface area contributed by atoms with Crippen molar-refractivity contribution >= 4 is 17.9 Å². The predicted molar refractivity (Wildman–Crippen MR) is 106 cm³/mol. The Kier molecular flexibility index (Phi) is 6.39. The van der Waals surface area contributed by atoms with Crippen LogP contribution in [0.1, 0.15) is 18.1 Å². The molecule has 140 valence electrons. The monoisotopic (exact) mass is 364 g/mol. The van der Waals surface area contributed by atoms with E-state index in [9.17, 15) is 9.59 Å². The van der Waals surface area contributed by atoms with Gasteiger partial charge in [-0.3, -0.25) is 9.59 Å². The largest absolute Gasteiger partial charge is 0.328 e. The average molecular weight is 364 g/mol. The number of carbonyl (C=O) groups is 2. The predicted octanol–water partition coefficient (Wildman–Crippen LogP) is 1.09. The Balaban J connectivity index is 1.63. The van der Waals surface area contributed by atoms with Crippen LogP contribution in [0.25, 0.3) is 6.08 Å². The van der Waals surface area contributed by atoms with Crippen molar-refractivity contribution in [3.8, 4) is 0 Å². The molecule has 2 N–H and O–H groups in total. The van der Waals surface area contributed by atoms with E-state index < -0.39 is 0 Å². The van der Waals surface area contributed by atoms with Gasteiger partial charge in [0.15, 0.2) is 0 Å². The molecule has 0 bridgehead atoms. The molecule has 0 aliphatic carbocycles. The number of hydrogen-bond acceptors (Lipinski definition) is 2. The fourth-order valence-corrected chi connectivity index (χ4v) is 3.31. The number of nitrogens with one attached hydrogen (secondary N) is 2. The summed E-state index contributed by atoms with van der Waals surface area (Å²) < 4.78 is 0. The number of carbonyl (C=O) groups excluding carboxylic acids is 2. The van der Waals surface area contributed by atoms with Gasteiger partial charge < -0.3 is 15.1 Å². The molecule has 0 saturated carbocycles. The van der Waals surface area contributed by atoms with Gasteiger partial charge in [-0.05, 0) is 11.6 Å². The maximum atomic E-state index is 12.9. The highest BCUT2D eigenvalue weighted by molar-refractivity contribution is 6.00. The molecule has 5 nitrogen and oxygen atoms in total. The molecule has 0 aromatic heterocycles. The third kappa shape index (κ3) is 5.53. The zero-order valence-corrected chi connectivity index (χ0v) is 15.7. The molecule has 1 aliphatic heterocycles. The van der Waals surface area contributed by atoms with E-state index in [1.807, 2.05) is 41.3 Å². The molecule has 27 heavy (non-hydrogen) atoms. The molecule has 0 spiro atoms. The van der Waals surface area contributed by atoms with Gasteiger partial charge in [0, 0.05) is 12.5 Å². The van der Waals surface area contributed by atoms with Crippen LogP contribution < -0.4 is 10.2 Å². The van der Waals surface area contributed by atoms with Gasteiger partial charge in [0.1, 0.15) is 12.2 Å². The smallest absolute Gasteiger partial charge is 0.270 e. The van der Waals surface area contributed by atoms with Gasteiger partial charge in [-0.1, -0.05) is 60.7 Å². The molecule has 2 aromatic rings. The first-order valence-corrected chi connectivity index (χ1v) is 9.33. The van der Waals surface area contributed by atoms with Crippen LogP contribution in [-0.2, 0) is 16.1 Å². The van der Waals surface area contributed by atoms with Gasteiger partial charge in [-0.2, -0.15) is 0 Å². The molecular weight excluding hydrogens is 338 g/mol.